The molecule has 100 valence electrons. The highest BCUT2D eigenvalue weighted by atomic mass is 32.2. The molecule has 1 aromatic rings. The van der Waals surface area contributed by atoms with Gasteiger partial charge in [-0.05, 0) is 30.7 Å². The highest BCUT2D eigenvalue weighted by molar-refractivity contribution is 7.99. The molecule has 1 fully saturated rings. The van der Waals surface area contributed by atoms with E-state index >= 15 is 0 Å². The van der Waals surface area contributed by atoms with Crippen molar-refractivity contribution in [2.75, 3.05) is 16.9 Å². The van der Waals surface area contributed by atoms with Gasteiger partial charge in [0.15, 0.2) is 0 Å². The van der Waals surface area contributed by atoms with E-state index in [2.05, 4.69) is 15.1 Å². The topological polar surface area (TPSA) is 97.1 Å². The normalized spacial score (nSPS) is 20.6. The van der Waals surface area contributed by atoms with Gasteiger partial charge in [0.2, 0.25) is 10.0 Å². The third-order valence-corrected chi connectivity index (χ3v) is 5.40. The van der Waals surface area contributed by atoms with Gasteiger partial charge < -0.3 is 5.43 Å². The first-order valence-electron chi connectivity index (χ1n) is 5.64. The van der Waals surface area contributed by atoms with Crippen molar-refractivity contribution in [2.45, 2.75) is 23.8 Å². The molecule has 0 radical (unpaired) electrons. The van der Waals surface area contributed by atoms with E-state index in [1.165, 1.54) is 18.3 Å². The molecule has 0 spiro atoms. The van der Waals surface area contributed by atoms with Crippen LogP contribution in [0.25, 0.3) is 0 Å². The number of sulfonamides is 1. The lowest BCUT2D eigenvalue weighted by molar-refractivity contribution is 0.543. The minimum absolute atomic E-state index is 0.0149. The van der Waals surface area contributed by atoms with Crippen molar-refractivity contribution in [3.05, 3.63) is 18.3 Å². The van der Waals surface area contributed by atoms with E-state index in [1.807, 2.05) is 0 Å². The predicted molar refractivity (Wildman–Crippen MR) is 72.7 cm³/mol. The Bertz CT molecular complexity index is 483. The Hall–Kier alpha value is -0.830. The number of hydrogen-bond donors (Lipinski definition) is 3. The van der Waals surface area contributed by atoms with Crippen LogP contribution >= 0.6 is 11.8 Å². The van der Waals surface area contributed by atoms with Crippen molar-refractivity contribution >= 4 is 27.6 Å². The third-order valence-electron chi connectivity index (χ3n) is 2.68. The Morgan fingerprint density at radius 3 is 2.83 bits per heavy atom. The van der Waals surface area contributed by atoms with Crippen LogP contribution in [0.15, 0.2) is 23.2 Å². The van der Waals surface area contributed by atoms with Crippen molar-refractivity contribution in [1.82, 2.24) is 9.71 Å². The van der Waals surface area contributed by atoms with E-state index in [4.69, 9.17) is 5.84 Å². The van der Waals surface area contributed by atoms with Crippen LogP contribution in [0.4, 0.5) is 5.82 Å². The summed E-state index contributed by atoms with van der Waals surface area (Å²) in [6, 6.07) is 3.03. The molecule has 1 saturated heterocycles. The van der Waals surface area contributed by atoms with Crippen LogP contribution in [0.5, 0.6) is 0 Å². The minimum Gasteiger partial charge on any atom is -0.308 e. The Kier molecular flexibility index (Phi) is 4.44. The summed E-state index contributed by atoms with van der Waals surface area (Å²) in [4.78, 5) is 4.06. The third kappa shape index (κ3) is 3.35. The summed E-state index contributed by atoms with van der Waals surface area (Å²) in [7, 11) is -3.48. The molecule has 2 heterocycles. The zero-order chi connectivity index (χ0) is 13.0. The molecule has 0 saturated carbocycles. The number of hydrazine groups is 1. The number of aromatic nitrogens is 1. The SMILES string of the molecule is NNc1ccc(S(=O)(=O)NC2CCCSC2)cn1. The lowest BCUT2D eigenvalue weighted by atomic mass is 10.2. The fourth-order valence-corrected chi connectivity index (χ4v) is 4.14. The number of nitrogens with one attached hydrogen (secondary N) is 2. The van der Waals surface area contributed by atoms with Crippen LogP contribution < -0.4 is 16.0 Å². The second kappa shape index (κ2) is 5.87. The maximum Gasteiger partial charge on any atom is 0.242 e. The number of hydrogen-bond acceptors (Lipinski definition) is 6. The van der Waals surface area contributed by atoms with Crippen molar-refractivity contribution in [3.63, 3.8) is 0 Å². The number of rotatable bonds is 4. The number of pyridine rings is 1. The number of nitrogens with zero attached hydrogens (tertiary/aromatic N) is 1. The first-order valence-corrected chi connectivity index (χ1v) is 8.28. The molecule has 1 aromatic heterocycles. The van der Waals surface area contributed by atoms with E-state index in [-0.39, 0.29) is 10.9 Å². The quantitative estimate of drug-likeness (QED) is 0.553. The summed E-state index contributed by atoms with van der Waals surface area (Å²) in [5.41, 5.74) is 2.36. The van der Waals surface area contributed by atoms with Gasteiger partial charge in [0.1, 0.15) is 10.7 Å². The summed E-state index contributed by atoms with van der Waals surface area (Å²) in [6.07, 6.45) is 3.24. The Morgan fingerprint density at radius 1 is 1.44 bits per heavy atom. The van der Waals surface area contributed by atoms with Crippen LogP contribution in [-0.2, 0) is 10.0 Å². The Labute approximate surface area is 111 Å². The largest absolute Gasteiger partial charge is 0.308 e. The van der Waals surface area contributed by atoms with E-state index < -0.39 is 10.0 Å². The molecule has 1 aliphatic rings. The summed E-state index contributed by atoms with van der Waals surface area (Å²) in [6.45, 7) is 0. The molecular formula is C10H16N4O2S2. The molecule has 1 atom stereocenters. The van der Waals surface area contributed by atoms with Gasteiger partial charge in [0, 0.05) is 18.0 Å². The molecule has 4 N–H and O–H groups in total. The van der Waals surface area contributed by atoms with E-state index in [0.717, 1.165) is 24.3 Å². The second-order valence-corrected chi connectivity index (χ2v) is 6.92. The van der Waals surface area contributed by atoms with Crippen molar-refractivity contribution in [3.8, 4) is 0 Å². The monoisotopic (exact) mass is 288 g/mol. The fraction of sp³-hybridized carbons (Fsp3) is 0.500. The first kappa shape index (κ1) is 13.6. The Morgan fingerprint density at radius 2 is 2.28 bits per heavy atom. The number of anilines is 1. The van der Waals surface area contributed by atoms with Crippen LogP contribution in [-0.4, -0.2) is 30.9 Å². The molecule has 1 unspecified atom stereocenters. The fourth-order valence-electron chi connectivity index (χ4n) is 1.75. The van der Waals surface area contributed by atoms with Crippen LogP contribution in [0.1, 0.15) is 12.8 Å². The van der Waals surface area contributed by atoms with Crippen molar-refractivity contribution in [1.29, 1.82) is 0 Å². The van der Waals surface area contributed by atoms with E-state index in [9.17, 15) is 8.42 Å². The lowest BCUT2D eigenvalue weighted by Crippen LogP contribution is -2.38. The van der Waals surface area contributed by atoms with Gasteiger partial charge in [-0.1, -0.05) is 0 Å². The van der Waals surface area contributed by atoms with E-state index in [0.29, 0.717) is 5.82 Å². The summed E-state index contributed by atoms with van der Waals surface area (Å²) >= 11 is 1.78. The smallest absolute Gasteiger partial charge is 0.242 e. The Balaban J connectivity index is 2.08. The molecular weight excluding hydrogens is 272 g/mol. The highest BCUT2D eigenvalue weighted by Crippen LogP contribution is 2.19. The van der Waals surface area contributed by atoms with Crippen molar-refractivity contribution in [2.24, 2.45) is 5.84 Å². The van der Waals surface area contributed by atoms with Gasteiger partial charge in [-0.2, -0.15) is 11.8 Å². The molecule has 0 aromatic carbocycles. The molecule has 0 amide bonds. The number of nitrogens with two attached hydrogens (primary N) is 1. The van der Waals surface area contributed by atoms with Gasteiger partial charge in [-0.25, -0.2) is 24.0 Å². The van der Waals surface area contributed by atoms with Gasteiger partial charge in [0.05, 0.1) is 0 Å². The van der Waals surface area contributed by atoms with Crippen LogP contribution in [0.3, 0.4) is 0 Å². The molecule has 8 heteroatoms. The highest BCUT2D eigenvalue weighted by Gasteiger charge is 2.22. The molecule has 0 aliphatic carbocycles. The molecule has 6 nitrogen and oxygen atoms in total. The summed E-state index contributed by atoms with van der Waals surface area (Å²) in [5.74, 6) is 7.55. The molecule has 1 aliphatic heterocycles. The van der Waals surface area contributed by atoms with Gasteiger partial charge in [0.25, 0.3) is 0 Å². The maximum absolute atomic E-state index is 12.1. The van der Waals surface area contributed by atoms with Crippen molar-refractivity contribution < 1.29 is 8.42 Å². The molecule has 0 bridgehead atoms. The first-order chi connectivity index (χ1) is 8.62. The summed E-state index contributed by atoms with van der Waals surface area (Å²) < 4.78 is 26.9. The van der Waals surface area contributed by atoms with Crippen LogP contribution in [0.2, 0.25) is 0 Å². The van der Waals surface area contributed by atoms with Crippen LogP contribution in [0, 0.1) is 0 Å². The average molecular weight is 288 g/mol. The average Bonchev–Trinajstić information content (AvgIpc) is 2.39. The van der Waals surface area contributed by atoms with Gasteiger partial charge in [-0.3, -0.25) is 0 Å². The second-order valence-electron chi connectivity index (χ2n) is 4.06. The standard InChI is InChI=1S/C10H16N4O2S2/c11-13-10-4-3-9(6-12-10)18(15,16)14-8-2-1-5-17-7-8/h3-4,6,8,14H,1-2,5,7,11H2,(H,12,13). The zero-order valence-electron chi connectivity index (χ0n) is 9.80. The zero-order valence-corrected chi connectivity index (χ0v) is 11.4. The van der Waals surface area contributed by atoms with Gasteiger partial charge in [-0.15, -0.1) is 0 Å². The predicted octanol–water partition coefficient (Wildman–Crippen LogP) is 0.541. The minimum atomic E-state index is -3.48. The lowest BCUT2D eigenvalue weighted by Gasteiger charge is -2.22. The van der Waals surface area contributed by atoms with Gasteiger partial charge >= 0.3 is 0 Å². The van der Waals surface area contributed by atoms with E-state index in [1.54, 1.807) is 11.8 Å². The maximum atomic E-state index is 12.1. The summed E-state index contributed by atoms with van der Waals surface area (Å²) in [5, 5.41) is 0. The molecule has 2 rings (SSSR count). The number of nitrogen functional groups attached to an aromatic ring is 1. The number of thioether (sulfide) groups is 1. The molecule has 18 heavy (non-hydrogen) atoms.